The number of para-hydroxylation sites is 1. The SMILES string of the molecule is CC[C@H](C(=O)NC1CCCC1)N(Cc1ccc(F)cc1)C(=O)COc1ccccc1F. The van der Waals surface area contributed by atoms with Crippen molar-refractivity contribution in [2.75, 3.05) is 6.61 Å². The molecule has 2 aromatic carbocycles. The largest absolute Gasteiger partial charge is 0.481 e. The van der Waals surface area contributed by atoms with Crippen LogP contribution in [-0.4, -0.2) is 35.4 Å². The van der Waals surface area contributed by atoms with E-state index in [0.717, 1.165) is 25.7 Å². The fourth-order valence-electron chi connectivity index (χ4n) is 3.86. The standard InChI is InChI=1S/C24H28F2N2O3/c1-2-21(24(30)27-19-7-3-4-8-19)28(15-17-11-13-18(25)14-12-17)23(29)16-31-22-10-6-5-9-20(22)26/h5-6,9-14,19,21H,2-4,7-8,15-16H2,1H3,(H,27,30)/t21-/m1/s1. The zero-order valence-electron chi connectivity index (χ0n) is 17.7. The van der Waals surface area contributed by atoms with E-state index in [1.807, 2.05) is 6.92 Å². The van der Waals surface area contributed by atoms with E-state index < -0.39 is 24.4 Å². The van der Waals surface area contributed by atoms with Gasteiger partial charge in [-0.2, -0.15) is 0 Å². The van der Waals surface area contributed by atoms with Crippen LogP contribution in [0, 0.1) is 11.6 Å². The minimum atomic E-state index is -0.706. The van der Waals surface area contributed by atoms with E-state index in [1.165, 1.54) is 35.2 Å². The van der Waals surface area contributed by atoms with Gasteiger partial charge in [-0.1, -0.05) is 44.0 Å². The van der Waals surface area contributed by atoms with Crippen molar-refractivity contribution in [2.45, 2.75) is 57.7 Å². The Kier molecular flexibility index (Phi) is 7.98. The van der Waals surface area contributed by atoms with Crippen LogP contribution in [0.2, 0.25) is 0 Å². The van der Waals surface area contributed by atoms with Gasteiger partial charge in [-0.25, -0.2) is 8.78 Å². The molecular formula is C24H28F2N2O3. The normalized spacial score (nSPS) is 14.8. The molecule has 2 amide bonds. The first kappa shape index (κ1) is 22.7. The molecule has 0 radical (unpaired) electrons. The molecular weight excluding hydrogens is 402 g/mol. The summed E-state index contributed by atoms with van der Waals surface area (Å²) in [5.41, 5.74) is 0.688. The Labute approximate surface area is 181 Å². The molecule has 31 heavy (non-hydrogen) atoms. The number of ether oxygens (including phenoxy) is 1. The Bertz CT molecular complexity index is 883. The Hall–Kier alpha value is -2.96. The van der Waals surface area contributed by atoms with Crippen LogP contribution < -0.4 is 10.1 Å². The highest BCUT2D eigenvalue weighted by molar-refractivity contribution is 5.88. The van der Waals surface area contributed by atoms with Gasteiger partial charge in [0.1, 0.15) is 11.9 Å². The summed E-state index contributed by atoms with van der Waals surface area (Å²) in [5.74, 6) is -1.63. The van der Waals surface area contributed by atoms with Gasteiger partial charge < -0.3 is 15.0 Å². The molecule has 0 unspecified atom stereocenters. The molecule has 0 aliphatic heterocycles. The molecule has 1 fully saturated rings. The lowest BCUT2D eigenvalue weighted by Gasteiger charge is -2.31. The maximum absolute atomic E-state index is 13.9. The third kappa shape index (κ3) is 6.26. The minimum absolute atomic E-state index is 0.0268. The zero-order valence-corrected chi connectivity index (χ0v) is 17.7. The average Bonchev–Trinajstić information content (AvgIpc) is 3.27. The van der Waals surface area contributed by atoms with Crippen molar-refractivity contribution in [1.82, 2.24) is 10.2 Å². The van der Waals surface area contributed by atoms with Gasteiger partial charge in [0.2, 0.25) is 5.91 Å². The van der Waals surface area contributed by atoms with Gasteiger partial charge in [0.25, 0.3) is 5.91 Å². The van der Waals surface area contributed by atoms with Crippen LogP contribution in [0.1, 0.15) is 44.6 Å². The maximum Gasteiger partial charge on any atom is 0.261 e. The van der Waals surface area contributed by atoms with Crippen molar-refractivity contribution in [1.29, 1.82) is 0 Å². The van der Waals surface area contributed by atoms with Crippen LogP contribution in [0.4, 0.5) is 8.78 Å². The molecule has 1 aliphatic rings. The third-order valence-corrected chi connectivity index (χ3v) is 5.54. The van der Waals surface area contributed by atoms with Gasteiger partial charge in [0.15, 0.2) is 18.2 Å². The quantitative estimate of drug-likeness (QED) is 0.648. The second kappa shape index (κ2) is 10.9. The molecule has 0 saturated heterocycles. The molecule has 1 atom stereocenters. The summed E-state index contributed by atoms with van der Waals surface area (Å²) in [7, 11) is 0. The third-order valence-electron chi connectivity index (χ3n) is 5.54. The first-order chi connectivity index (χ1) is 15.0. The van der Waals surface area contributed by atoms with Crippen molar-refractivity contribution < 1.29 is 23.1 Å². The van der Waals surface area contributed by atoms with Crippen LogP contribution >= 0.6 is 0 Å². The van der Waals surface area contributed by atoms with Crippen LogP contribution in [0.15, 0.2) is 48.5 Å². The molecule has 0 spiro atoms. The van der Waals surface area contributed by atoms with Gasteiger partial charge in [-0.15, -0.1) is 0 Å². The number of hydrogen-bond acceptors (Lipinski definition) is 3. The average molecular weight is 430 g/mol. The zero-order chi connectivity index (χ0) is 22.2. The predicted molar refractivity (Wildman–Crippen MR) is 113 cm³/mol. The van der Waals surface area contributed by atoms with Crippen LogP contribution in [0.25, 0.3) is 0 Å². The molecule has 5 nitrogen and oxygen atoms in total. The first-order valence-corrected chi connectivity index (χ1v) is 10.7. The lowest BCUT2D eigenvalue weighted by atomic mass is 10.1. The highest BCUT2D eigenvalue weighted by Crippen LogP contribution is 2.20. The Balaban J connectivity index is 1.76. The van der Waals surface area contributed by atoms with Gasteiger partial charge in [-0.05, 0) is 49.1 Å². The lowest BCUT2D eigenvalue weighted by molar-refractivity contribution is -0.143. The fourth-order valence-corrected chi connectivity index (χ4v) is 3.86. The van der Waals surface area contributed by atoms with Crippen LogP contribution in [-0.2, 0) is 16.1 Å². The summed E-state index contributed by atoms with van der Waals surface area (Å²) in [6.07, 6.45) is 4.44. The highest BCUT2D eigenvalue weighted by Gasteiger charge is 2.31. The monoisotopic (exact) mass is 430 g/mol. The predicted octanol–water partition coefficient (Wildman–Crippen LogP) is 4.21. The molecule has 166 valence electrons. The van der Waals surface area contributed by atoms with Crippen molar-refractivity contribution >= 4 is 11.8 Å². The molecule has 0 bridgehead atoms. The van der Waals surface area contributed by atoms with E-state index in [2.05, 4.69) is 5.32 Å². The number of carbonyl (C=O) groups excluding carboxylic acids is 2. The maximum atomic E-state index is 13.9. The van der Waals surface area contributed by atoms with Crippen molar-refractivity contribution in [3.8, 4) is 5.75 Å². The molecule has 0 heterocycles. The Morgan fingerprint density at radius 3 is 2.42 bits per heavy atom. The summed E-state index contributed by atoms with van der Waals surface area (Å²) < 4.78 is 32.6. The summed E-state index contributed by atoms with van der Waals surface area (Å²) in [4.78, 5) is 27.5. The van der Waals surface area contributed by atoms with E-state index in [0.29, 0.717) is 12.0 Å². The number of rotatable bonds is 9. The number of nitrogens with zero attached hydrogens (tertiary/aromatic N) is 1. The minimum Gasteiger partial charge on any atom is -0.481 e. The summed E-state index contributed by atoms with van der Waals surface area (Å²) in [6.45, 7) is 1.55. The number of nitrogens with one attached hydrogen (secondary N) is 1. The second-order valence-electron chi connectivity index (χ2n) is 7.78. The fraction of sp³-hybridized carbons (Fsp3) is 0.417. The van der Waals surface area contributed by atoms with E-state index in [4.69, 9.17) is 4.74 Å². The molecule has 2 aromatic rings. The number of halogens is 2. The van der Waals surface area contributed by atoms with E-state index in [-0.39, 0.29) is 30.1 Å². The molecule has 3 rings (SSSR count). The topological polar surface area (TPSA) is 58.6 Å². The van der Waals surface area contributed by atoms with Gasteiger partial charge in [0.05, 0.1) is 0 Å². The molecule has 1 saturated carbocycles. The molecule has 0 aromatic heterocycles. The first-order valence-electron chi connectivity index (χ1n) is 10.7. The van der Waals surface area contributed by atoms with E-state index in [1.54, 1.807) is 18.2 Å². The summed E-state index contributed by atoms with van der Waals surface area (Å²) >= 11 is 0. The Morgan fingerprint density at radius 1 is 1.10 bits per heavy atom. The van der Waals surface area contributed by atoms with Crippen LogP contribution in [0.3, 0.4) is 0 Å². The van der Waals surface area contributed by atoms with Crippen LogP contribution in [0.5, 0.6) is 5.75 Å². The summed E-state index contributed by atoms with van der Waals surface area (Å²) in [6, 6.07) is 11.0. The lowest BCUT2D eigenvalue weighted by Crippen LogP contribution is -2.52. The number of benzene rings is 2. The van der Waals surface area contributed by atoms with Crippen molar-refractivity contribution in [2.24, 2.45) is 0 Å². The second-order valence-corrected chi connectivity index (χ2v) is 7.78. The van der Waals surface area contributed by atoms with E-state index in [9.17, 15) is 18.4 Å². The summed E-state index contributed by atoms with van der Waals surface area (Å²) in [5, 5.41) is 3.05. The number of amides is 2. The molecule has 1 aliphatic carbocycles. The van der Waals surface area contributed by atoms with Crippen molar-refractivity contribution in [3.63, 3.8) is 0 Å². The van der Waals surface area contributed by atoms with Gasteiger partial charge in [0, 0.05) is 12.6 Å². The molecule has 7 heteroatoms. The van der Waals surface area contributed by atoms with Crippen molar-refractivity contribution in [3.05, 3.63) is 65.7 Å². The highest BCUT2D eigenvalue weighted by atomic mass is 19.1. The molecule has 1 N–H and O–H groups in total. The van der Waals surface area contributed by atoms with E-state index >= 15 is 0 Å². The smallest absolute Gasteiger partial charge is 0.261 e. The Morgan fingerprint density at radius 2 is 1.77 bits per heavy atom. The number of hydrogen-bond donors (Lipinski definition) is 1. The van der Waals surface area contributed by atoms with Gasteiger partial charge in [-0.3, -0.25) is 9.59 Å². The van der Waals surface area contributed by atoms with Gasteiger partial charge >= 0.3 is 0 Å². The number of carbonyl (C=O) groups is 2.